The molecular formula is C23H23NO4S. The van der Waals surface area contributed by atoms with Crippen molar-refractivity contribution >= 4 is 28.2 Å². The largest absolute Gasteiger partial charge is 0.497 e. The minimum Gasteiger partial charge on any atom is -0.497 e. The first-order valence-corrected chi connectivity index (χ1v) is 10.0. The predicted octanol–water partition coefficient (Wildman–Crippen LogP) is 5.01. The first-order chi connectivity index (χ1) is 13.9. The highest BCUT2D eigenvalue weighted by Gasteiger charge is 2.23. The van der Waals surface area contributed by atoms with Crippen LogP contribution in [0.1, 0.15) is 27.0 Å². The van der Waals surface area contributed by atoms with Crippen LogP contribution < -0.4 is 10.1 Å². The van der Waals surface area contributed by atoms with Gasteiger partial charge >= 0.3 is 5.97 Å². The molecule has 0 aliphatic carbocycles. The second-order valence-corrected chi connectivity index (χ2v) is 7.62. The molecule has 1 N–H and O–H groups in total. The maximum Gasteiger partial charge on any atom is 0.341 e. The van der Waals surface area contributed by atoms with Gasteiger partial charge in [0.2, 0.25) is 5.91 Å². The molecule has 0 saturated heterocycles. The van der Waals surface area contributed by atoms with E-state index in [0.717, 1.165) is 33.6 Å². The van der Waals surface area contributed by atoms with Gasteiger partial charge < -0.3 is 14.8 Å². The minimum absolute atomic E-state index is 0.196. The van der Waals surface area contributed by atoms with E-state index in [9.17, 15) is 9.59 Å². The summed E-state index contributed by atoms with van der Waals surface area (Å²) in [5.74, 6) is 0.0650. The van der Waals surface area contributed by atoms with Crippen LogP contribution in [0.4, 0.5) is 5.00 Å². The molecule has 1 heterocycles. The van der Waals surface area contributed by atoms with Crippen LogP contribution in [0.5, 0.6) is 5.75 Å². The van der Waals surface area contributed by atoms with E-state index in [0.29, 0.717) is 10.6 Å². The standard InChI is InChI=1S/C23H23NO4S/c1-14-5-6-15(2)18(11-14)19-13-29-22(21(19)23(26)28-4)24-20(25)12-16-7-9-17(27-3)10-8-16/h5-11,13H,12H2,1-4H3,(H,24,25). The van der Waals surface area contributed by atoms with E-state index in [4.69, 9.17) is 9.47 Å². The third-order valence-corrected chi connectivity index (χ3v) is 5.54. The predicted molar refractivity (Wildman–Crippen MR) is 116 cm³/mol. The summed E-state index contributed by atoms with van der Waals surface area (Å²) in [5, 5.41) is 5.25. The fourth-order valence-corrected chi connectivity index (χ4v) is 4.04. The van der Waals surface area contributed by atoms with E-state index >= 15 is 0 Å². The van der Waals surface area contributed by atoms with Crippen LogP contribution in [0.2, 0.25) is 0 Å². The van der Waals surface area contributed by atoms with Gasteiger partial charge in [0, 0.05) is 10.9 Å². The monoisotopic (exact) mass is 409 g/mol. The van der Waals surface area contributed by atoms with Gasteiger partial charge in [-0.2, -0.15) is 0 Å². The van der Waals surface area contributed by atoms with Gasteiger partial charge in [-0.3, -0.25) is 4.79 Å². The molecule has 0 atom stereocenters. The Labute approximate surface area is 174 Å². The second kappa shape index (κ2) is 8.92. The molecule has 1 amide bonds. The van der Waals surface area contributed by atoms with Crippen LogP contribution in [-0.4, -0.2) is 26.1 Å². The fraction of sp³-hybridized carbons (Fsp3) is 0.217. The number of benzene rings is 2. The summed E-state index contributed by atoms with van der Waals surface area (Å²) in [4.78, 5) is 25.1. The van der Waals surface area contributed by atoms with Gasteiger partial charge in [0.15, 0.2) is 0 Å². The van der Waals surface area contributed by atoms with Crippen LogP contribution >= 0.6 is 11.3 Å². The number of hydrogen-bond acceptors (Lipinski definition) is 5. The van der Waals surface area contributed by atoms with Crippen molar-refractivity contribution in [2.24, 2.45) is 0 Å². The molecule has 0 aliphatic heterocycles. The molecule has 0 spiro atoms. The third kappa shape index (κ3) is 4.66. The van der Waals surface area contributed by atoms with Crippen LogP contribution in [0.25, 0.3) is 11.1 Å². The van der Waals surface area contributed by atoms with E-state index < -0.39 is 5.97 Å². The summed E-state index contributed by atoms with van der Waals surface area (Å²) in [7, 11) is 2.94. The number of carbonyl (C=O) groups excluding carboxylic acids is 2. The maximum absolute atomic E-state index is 12.6. The number of nitrogens with one attached hydrogen (secondary N) is 1. The SMILES string of the molecule is COC(=O)c1c(-c2cc(C)ccc2C)csc1NC(=O)Cc1ccc(OC)cc1. The quantitative estimate of drug-likeness (QED) is 0.582. The number of aryl methyl sites for hydroxylation is 2. The molecule has 0 fully saturated rings. The number of carbonyl (C=O) groups is 2. The number of anilines is 1. The Morgan fingerprint density at radius 1 is 1.00 bits per heavy atom. The fourth-order valence-electron chi connectivity index (χ4n) is 3.08. The minimum atomic E-state index is -0.470. The number of ether oxygens (including phenoxy) is 2. The smallest absolute Gasteiger partial charge is 0.341 e. The zero-order chi connectivity index (χ0) is 21.0. The lowest BCUT2D eigenvalue weighted by Crippen LogP contribution is -2.16. The van der Waals surface area contributed by atoms with Crippen molar-refractivity contribution in [3.8, 4) is 16.9 Å². The number of methoxy groups -OCH3 is 2. The molecule has 0 radical (unpaired) electrons. The molecule has 3 rings (SSSR count). The van der Waals surface area contributed by atoms with Crippen molar-refractivity contribution in [1.82, 2.24) is 0 Å². The van der Waals surface area contributed by atoms with E-state index in [1.54, 1.807) is 7.11 Å². The Kier molecular flexibility index (Phi) is 6.34. The highest BCUT2D eigenvalue weighted by Crippen LogP contribution is 2.38. The molecule has 0 saturated carbocycles. The Bertz CT molecular complexity index is 1040. The van der Waals surface area contributed by atoms with Gasteiger partial charge in [0.1, 0.15) is 16.3 Å². The maximum atomic E-state index is 12.6. The van der Waals surface area contributed by atoms with Crippen molar-refractivity contribution in [3.63, 3.8) is 0 Å². The van der Waals surface area contributed by atoms with Gasteiger partial charge in [-0.1, -0.05) is 35.9 Å². The van der Waals surface area contributed by atoms with Gasteiger partial charge in [-0.05, 0) is 42.7 Å². The van der Waals surface area contributed by atoms with Crippen LogP contribution in [0.15, 0.2) is 47.8 Å². The van der Waals surface area contributed by atoms with Crippen molar-refractivity contribution in [2.45, 2.75) is 20.3 Å². The van der Waals surface area contributed by atoms with Gasteiger partial charge in [0.25, 0.3) is 0 Å². The first kappa shape index (κ1) is 20.6. The topological polar surface area (TPSA) is 64.6 Å². The highest BCUT2D eigenvalue weighted by molar-refractivity contribution is 7.15. The van der Waals surface area contributed by atoms with E-state index in [2.05, 4.69) is 5.32 Å². The average molecular weight is 410 g/mol. The van der Waals surface area contributed by atoms with Crippen molar-refractivity contribution in [2.75, 3.05) is 19.5 Å². The summed E-state index contributed by atoms with van der Waals surface area (Å²) in [6.07, 6.45) is 0.196. The molecule has 3 aromatic rings. The number of esters is 1. The number of rotatable bonds is 6. The molecule has 0 unspecified atom stereocenters. The van der Waals surface area contributed by atoms with Crippen molar-refractivity contribution < 1.29 is 19.1 Å². The third-order valence-electron chi connectivity index (χ3n) is 4.64. The Hall–Kier alpha value is -3.12. The lowest BCUT2D eigenvalue weighted by Gasteiger charge is -2.10. The summed E-state index contributed by atoms with van der Waals surface area (Å²) in [6, 6.07) is 13.4. The molecule has 1 aromatic heterocycles. The Morgan fingerprint density at radius 2 is 1.72 bits per heavy atom. The molecule has 150 valence electrons. The summed E-state index contributed by atoms with van der Waals surface area (Å²) >= 11 is 1.32. The molecule has 0 bridgehead atoms. The normalized spacial score (nSPS) is 10.5. The van der Waals surface area contributed by atoms with Crippen LogP contribution in [-0.2, 0) is 16.0 Å². The summed E-state index contributed by atoms with van der Waals surface area (Å²) in [6.45, 7) is 4.00. The van der Waals surface area contributed by atoms with Gasteiger partial charge in [0.05, 0.1) is 20.6 Å². The Morgan fingerprint density at radius 3 is 2.38 bits per heavy atom. The number of thiophene rings is 1. The number of hydrogen-bond donors (Lipinski definition) is 1. The summed E-state index contributed by atoms with van der Waals surface area (Å²) < 4.78 is 10.1. The molecule has 0 aliphatic rings. The molecule has 6 heteroatoms. The lowest BCUT2D eigenvalue weighted by atomic mass is 9.97. The van der Waals surface area contributed by atoms with Crippen LogP contribution in [0, 0.1) is 13.8 Å². The van der Waals surface area contributed by atoms with E-state index in [1.807, 2.05) is 61.7 Å². The molecular weight excluding hydrogens is 386 g/mol. The van der Waals surface area contributed by atoms with E-state index in [-0.39, 0.29) is 12.3 Å². The highest BCUT2D eigenvalue weighted by atomic mass is 32.1. The number of amides is 1. The Balaban J connectivity index is 1.89. The van der Waals surface area contributed by atoms with Crippen molar-refractivity contribution in [1.29, 1.82) is 0 Å². The van der Waals surface area contributed by atoms with Gasteiger partial charge in [-0.15, -0.1) is 11.3 Å². The van der Waals surface area contributed by atoms with Gasteiger partial charge in [-0.25, -0.2) is 4.79 Å². The average Bonchev–Trinajstić information content (AvgIpc) is 3.12. The molecule has 2 aromatic carbocycles. The first-order valence-electron chi connectivity index (χ1n) is 9.13. The van der Waals surface area contributed by atoms with Crippen molar-refractivity contribution in [3.05, 3.63) is 70.1 Å². The zero-order valence-electron chi connectivity index (χ0n) is 16.9. The zero-order valence-corrected chi connectivity index (χ0v) is 17.7. The van der Waals surface area contributed by atoms with E-state index in [1.165, 1.54) is 18.4 Å². The second-order valence-electron chi connectivity index (χ2n) is 6.74. The summed E-state index contributed by atoms with van der Waals surface area (Å²) in [5.41, 5.74) is 5.11. The molecule has 29 heavy (non-hydrogen) atoms. The molecule has 5 nitrogen and oxygen atoms in total. The lowest BCUT2D eigenvalue weighted by molar-refractivity contribution is -0.115. The van der Waals surface area contributed by atoms with Crippen LogP contribution in [0.3, 0.4) is 0 Å².